The van der Waals surface area contributed by atoms with E-state index in [0.717, 1.165) is 17.0 Å². The lowest BCUT2D eigenvalue weighted by molar-refractivity contribution is -0.307. The van der Waals surface area contributed by atoms with Crippen LogP contribution in [0.1, 0.15) is 46.9 Å². The largest absolute Gasteiger partial charge is 0.550 e. The number of sulfonamides is 1. The second-order valence-electron chi connectivity index (χ2n) is 8.41. The number of nitrogens with one attached hydrogen (secondary N) is 1. The summed E-state index contributed by atoms with van der Waals surface area (Å²) in [5.74, 6) is -5.92. The van der Waals surface area contributed by atoms with Gasteiger partial charge in [-0.25, -0.2) is 22.2 Å². The zero-order valence-corrected chi connectivity index (χ0v) is 21.9. The summed E-state index contributed by atoms with van der Waals surface area (Å²) in [4.78, 5) is 29.3. The molecule has 0 spiro atoms. The van der Waals surface area contributed by atoms with E-state index in [2.05, 4.69) is 4.98 Å². The van der Waals surface area contributed by atoms with Gasteiger partial charge in [-0.1, -0.05) is 38.1 Å². The molecular weight excluding hydrogens is 534 g/mol. The fourth-order valence-electron chi connectivity index (χ4n) is 3.77. The number of ketones is 1. The normalized spacial score (nSPS) is 12.7. The number of benzene rings is 3. The Morgan fingerprint density at radius 1 is 1.03 bits per heavy atom. The van der Waals surface area contributed by atoms with Crippen LogP contribution < -0.4 is 9.83 Å². The number of hydrogen-bond donors (Lipinski definition) is 1. The smallest absolute Gasteiger partial charge is 0.261 e. The summed E-state index contributed by atoms with van der Waals surface area (Å²) in [7, 11) is -4.66. The van der Waals surface area contributed by atoms with Crippen LogP contribution in [0.2, 0.25) is 0 Å². The van der Waals surface area contributed by atoms with Gasteiger partial charge in [-0.15, -0.1) is 0 Å². The summed E-state index contributed by atoms with van der Waals surface area (Å²) in [6.07, 6.45) is 0.786. The standard InChI is InChI=1S/C27H22F2N2O5S2/c1-3-17-14-37(15-30-17)18-8-10-19(11-9-18)38(35,36)31-25-13-23(28)22(12-24(25)29)26(32)21-7-5-4-6-20(21)16(2)27(33)34/h4-16H,3H2,1-2H3,(H-,31,32,33,34)/t16-,37?/m0/s1. The monoisotopic (exact) mass is 556 g/mol. The Morgan fingerprint density at radius 3 is 2.34 bits per heavy atom. The van der Waals surface area contributed by atoms with E-state index in [1.54, 1.807) is 17.6 Å². The second-order valence-corrected chi connectivity index (χ2v) is 11.8. The molecule has 196 valence electrons. The van der Waals surface area contributed by atoms with Crippen LogP contribution in [-0.4, -0.2) is 25.2 Å². The van der Waals surface area contributed by atoms with Gasteiger partial charge in [0.15, 0.2) is 16.1 Å². The van der Waals surface area contributed by atoms with E-state index in [1.807, 2.05) is 17.0 Å². The van der Waals surface area contributed by atoms with E-state index in [1.165, 1.54) is 43.3 Å². The van der Waals surface area contributed by atoms with Crippen molar-refractivity contribution >= 4 is 37.9 Å². The molecule has 1 heterocycles. The molecule has 4 rings (SSSR count). The van der Waals surface area contributed by atoms with E-state index in [-0.39, 0.29) is 26.5 Å². The van der Waals surface area contributed by atoms with Crippen LogP contribution >= 0.6 is 10.5 Å². The van der Waals surface area contributed by atoms with Crippen molar-refractivity contribution in [2.24, 2.45) is 0 Å². The number of carbonyl (C=O) groups is 2. The quantitative estimate of drug-likeness (QED) is 0.239. The molecule has 38 heavy (non-hydrogen) atoms. The van der Waals surface area contributed by atoms with Gasteiger partial charge < -0.3 is 9.90 Å². The first kappa shape index (κ1) is 27.1. The van der Waals surface area contributed by atoms with E-state index in [0.29, 0.717) is 12.1 Å². The van der Waals surface area contributed by atoms with Crippen LogP contribution in [0.3, 0.4) is 0 Å². The molecule has 0 bridgehead atoms. The molecule has 0 radical (unpaired) electrons. The third kappa shape index (κ3) is 5.48. The molecule has 0 saturated carbocycles. The number of aryl methyl sites for hydroxylation is 1. The number of thiazole rings is 1. The number of carboxylic acid groups (broad SMARTS) is 1. The molecule has 7 nitrogen and oxygen atoms in total. The summed E-state index contributed by atoms with van der Waals surface area (Å²) >= 11 is 0. The van der Waals surface area contributed by atoms with Crippen molar-refractivity contribution in [3.8, 4) is 4.90 Å². The van der Waals surface area contributed by atoms with Crippen LogP contribution in [0.5, 0.6) is 0 Å². The zero-order valence-electron chi connectivity index (χ0n) is 20.3. The molecule has 0 aliphatic rings. The molecule has 1 aromatic heterocycles. The van der Waals surface area contributed by atoms with Crippen molar-refractivity contribution in [3.05, 3.63) is 106 Å². The van der Waals surface area contributed by atoms with Gasteiger partial charge in [0.25, 0.3) is 10.0 Å². The molecule has 3 aromatic carbocycles. The van der Waals surface area contributed by atoms with E-state index in [4.69, 9.17) is 0 Å². The average Bonchev–Trinajstić information content (AvgIpc) is 3.39. The van der Waals surface area contributed by atoms with Crippen molar-refractivity contribution in [2.75, 3.05) is 4.72 Å². The number of carboxylic acids is 1. The van der Waals surface area contributed by atoms with E-state index >= 15 is 0 Å². The minimum Gasteiger partial charge on any atom is -0.550 e. The molecule has 1 N–H and O–H groups in total. The minimum absolute atomic E-state index is 0.0800. The van der Waals surface area contributed by atoms with Gasteiger partial charge in [0, 0.05) is 34.0 Å². The van der Waals surface area contributed by atoms with Crippen molar-refractivity contribution in [3.63, 3.8) is 0 Å². The molecule has 0 fully saturated rings. The topological polar surface area (TPSA) is 116 Å². The Bertz CT molecular complexity index is 1630. The first-order valence-corrected chi connectivity index (χ1v) is 14.3. The van der Waals surface area contributed by atoms with Gasteiger partial charge in [0.1, 0.15) is 11.6 Å². The number of aromatic nitrogens is 1. The highest BCUT2D eigenvalue weighted by molar-refractivity contribution is 7.92. The molecule has 0 amide bonds. The maximum absolute atomic E-state index is 15.0. The highest BCUT2D eigenvalue weighted by atomic mass is 32.2. The lowest BCUT2D eigenvalue weighted by atomic mass is 9.91. The Hall–Kier alpha value is -3.96. The molecule has 2 atom stereocenters. The molecule has 0 saturated heterocycles. The summed E-state index contributed by atoms with van der Waals surface area (Å²) in [6, 6.07) is 12.8. The van der Waals surface area contributed by atoms with E-state index < -0.39 is 50.6 Å². The molecule has 1 unspecified atom stereocenters. The van der Waals surface area contributed by atoms with Crippen LogP contribution in [-0.2, 0) is 21.2 Å². The van der Waals surface area contributed by atoms with Crippen LogP contribution in [0.15, 0.2) is 76.4 Å². The zero-order chi connectivity index (χ0) is 27.6. The Labute approximate surface area is 220 Å². The maximum atomic E-state index is 15.0. The number of aliphatic carboxylic acids is 1. The minimum atomic E-state index is -4.28. The SMILES string of the molecule is CCc1c[s+](-c2ccc(S(=O)(=O)Nc3cc(F)c(C(=O)c4ccccc4[C@H](C)C(=O)[O-])cc3F)cc2)cn1. The van der Waals surface area contributed by atoms with Crippen LogP contribution in [0.4, 0.5) is 14.5 Å². The van der Waals surface area contributed by atoms with Crippen molar-refractivity contribution in [1.82, 2.24) is 4.98 Å². The summed E-state index contributed by atoms with van der Waals surface area (Å²) in [5.41, 5.74) is 1.33. The average molecular weight is 557 g/mol. The third-order valence-corrected chi connectivity index (χ3v) is 8.99. The first-order valence-electron chi connectivity index (χ1n) is 11.4. The first-order chi connectivity index (χ1) is 18.0. The highest BCUT2D eigenvalue weighted by Crippen LogP contribution is 2.32. The number of halogens is 2. The molecule has 0 aliphatic carbocycles. The Balaban J connectivity index is 1.60. The number of anilines is 1. The predicted octanol–water partition coefficient (Wildman–Crippen LogP) is 4.55. The van der Waals surface area contributed by atoms with Gasteiger partial charge >= 0.3 is 0 Å². The fraction of sp³-hybridized carbons (Fsp3) is 0.148. The van der Waals surface area contributed by atoms with Crippen molar-refractivity contribution < 1.29 is 31.9 Å². The van der Waals surface area contributed by atoms with Gasteiger partial charge in [0.2, 0.25) is 5.51 Å². The molecular formula is C27H22F2N2O5S2. The van der Waals surface area contributed by atoms with Crippen LogP contribution in [0.25, 0.3) is 4.90 Å². The lowest BCUT2D eigenvalue weighted by Gasteiger charge is -2.17. The number of rotatable bonds is 9. The van der Waals surface area contributed by atoms with Gasteiger partial charge in [0.05, 0.1) is 21.8 Å². The summed E-state index contributed by atoms with van der Waals surface area (Å²) in [6.45, 7) is 3.29. The lowest BCUT2D eigenvalue weighted by Crippen LogP contribution is -2.29. The summed E-state index contributed by atoms with van der Waals surface area (Å²) in [5, 5.41) is 13.3. The molecule has 11 heteroatoms. The maximum Gasteiger partial charge on any atom is 0.261 e. The van der Waals surface area contributed by atoms with Gasteiger partial charge in [-0.3, -0.25) is 9.52 Å². The number of carbonyl (C=O) groups excluding carboxylic acids is 2. The Kier molecular flexibility index (Phi) is 7.70. The second kappa shape index (κ2) is 10.8. The number of nitrogens with zero attached hydrogens (tertiary/aromatic N) is 1. The van der Waals surface area contributed by atoms with E-state index in [9.17, 15) is 31.9 Å². The van der Waals surface area contributed by atoms with Crippen molar-refractivity contribution in [2.45, 2.75) is 31.1 Å². The van der Waals surface area contributed by atoms with Crippen molar-refractivity contribution in [1.29, 1.82) is 0 Å². The highest BCUT2D eigenvalue weighted by Gasteiger charge is 2.24. The number of hydrogen-bond acceptors (Lipinski definition) is 6. The molecule has 0 aliphatic heterocycles. The van der Waals surface area contributed by atoms with Gasteiger partial charge in [-0.05, 0) is 42.3 Å². The predicted molar refractivity (Wildman–Crippen MR) is 138 cm³/mol. The Morgan fingerprint density at radius 2 is 1.71 bits per heavy atom. The molecule has 4 aromatic rings. The third-order valence-electron chi connectivity index (χ3n) is 5.93. The summed E-state index contributed by atoms with van der Waals surface area (Å²) < 4.78 is 57.6. The van der Waals surface area contributed by atoms with Crippen LogP contribution in [0, 0.1) is 11.6 Å². The van der Waals surface area contributed by atoms with Gasteiger partial charge in [-0.2, -0.15) is 0 Å². The fourth-order valence-corrected chi connectivity index (χ4v) is 6.36.